The summed E-state index contributed by atoms with van der Waals surface area (Å²) in [4.78, 5) is 24.2. The number of rotatable bonds is 4. The molecule has 7 heteroatoms. The molecular weight excluding hydrogens is 436 g/mol. The standard InChI is InChI=1S/C16H13Br2F2NO2/c1-3-21-14(13-11(19)5-4-6-12(13)20)9(15(22)8(2)17)7-10(18)16(21)23/h4-8H,3H2,1-2H3. The minimum absolute atomic E-state index is 0.0485. The number of halogens is 4. The maximum Gasteiger partial charge on any atom is 0.265 e. The molecule has 0 fully saturated rings. The van der Waals surface area contributed by atoms with Crippen LogP contribution in [0.25, 0.3) is 11.3 Å². The van der Waals surface area contributed by atoms with E-state index in [1.165, 1.54) is 16.7 Å². The van der Waals surface area contributed by atoms with Gasteiger partial charge < -0.3 is 4.57 Å². The van der Waals surface area contributed by atoms with Crippen LogP contribution in [0.2, 0.25) is 0 Å². The minimum Gasteiger partial charge on any atom is -0.307 e. The third-order valence-electron chi connectivity index (χ3n) is 3.39. The Morgan fingerprint density at radius 1 is 1.30 bits per heavy atom. The Kier molecular flexibility index (Phi) is 5.52. The second-order valence-electron chi connectivity index (χ2n) is 4.88. The van der Waals surface area contributed by atoms with Gasteiger partial charge in [-0.2, -0.15) is 0 Å². The van der Waals surface area contributed by atoms with E-state index in [-0.39, 0.29) is 33.6 Å². The molecule has 2 rings (SSSR count). The molecule has 1 aromatic carbocycles. The summed E-state index contributed by atoms with van der Waals surface area (Å²) in [5, 5.41) is 0. The van der Waals surface area contributed by atoms with Crippen LogP contribution in [0.15, 0.2) is 33.5 Å². The van der Waals surface area contributed by atoms with E-state index < -0.39 is 22.0 Å². The number of hydrogen-bond donors (Lipinski definition) is 0. The Bertz CT molecular complexity index is 811. The number of benzene rings is 1. The summed E-state index contributed by atoms with van der Waals surface area (Å²) in [6, 6.07) is 4.74. The number of carbonyl (C=O) groups is 1. The molecule has 0 radical (unpaired) electrons. The summed E-state index contributed by atoms with van der Waals surface area (Å²) >= 11 is 6.28. The summed E-state index contributed by atoms with van der Waals surface area (Å²) < 4.78 is 29.8. The molecular formula is C16H13Br2F2NO2. The zero-order valence-electron chi connectivity index (χ0n) is 12.4. The molecule has 0 aliphatic rings. The monoisotopic (exact) mass is 447 g/mol. The maximum absolute atomic E-state index is 14.2. The Hall–Kier alpha value is -1.34. The van der Waals surface area contributed by atoms with Gasteiger partial charge in [-0.3, -0.25) is 9.59 Å². The van der Waals surface area contributed by atoms with Gasteiger partial charge in [0.05, 0.1) is 20.6 Å². The van der Waals surface area contributed by atoms with Gasteiger partial charge in [0.15, 0.2) is 5.78 Å². The second kappa shape index (κ2) is 7.05. The van der Waals surface area contributed by atoms with Crippen LogP contribution < -0.4 is 5.56 Å². The van der Waals surface area contributed by atoms with E-state index >= 15 is 0 Å². The average Bonchev–Trinajstić information content (AvgIpc) is 2.49. The Balaban J connectivity index is 2.98. The predicted octanol–water partition coefficient (Wildman–Crippen LogP) is 4.54. The highest BCUT2D eigenvalue weighted by atomic mass is 79.9. The van der Waals surface area contributed by atoms with E-state index in [0.29, 0.717) is 0 Å². The summed E-state index contributed by atoms with van der Waals surface area (Å²) in [5.41, 5.74) is -0.807. The Morgan fingerprint density at radius 3 is 2.35 bits per heavy atom. The van der Waals surface area contributed by atoms with Crippen molar-refractivity contribution in [1.29, 1.82) is 0 Å². The molecule has 3 nitrogen and oxygen atoms in total. The van der Waals surface area contributed by atoms with Crippen molar-refractivity contribution in [1.82, 2.24) is 4.57 Å². The van der Waals surface area contributed by atoms with Gasteiger partial charge >= 0.3 is 0 Å². The van der Waals surface area contributed by atoms with Gasteiger partial charge in [0.2, 0.25) is 0 Å². The fourth-order valence-electron chi connectivity index (χ4n) is 2.33. The van der Waals surface area contributed by atoms with Crippen LogP contribution in [0.3, 0.4) is 0 Å². The van der Waals surface area contributed by atoms with Crippen molar-refractivity contribution in [2.24, 2.45) is 0 Å². The first kappa shape index (κ1) is 18.0. The number of ketones is 1. The van der Waals surface area contributed by atoms with E-state index in [9.17, 15) is 18.4 Å². The largest absolute Gasteiger partial charge is 0.307 e. The molecule has 1 unspecified atom stereocenters. The molecule has 1 atom stereocenters. The van der Waals surface area contributed by atoms with Gasteiger partial charge in [-0.05, 0) is 48.0 Å². The number of pyridine rings is 1. The molecule has 1 heterocycles. The van der Waals surface area contributed by atoms with Crippen molar-refractivity contribution in [2.45, 2.75) is 25.2 Å². The highest BCUT2D eigenvalue weighted by Crippen LogP contribution is 2.31. The van der Waals surface area contributed by atoms with Gasteiger partial charge in [-0.15, -0.1) is 0 Å². The van der Waals surface area contributed by atoms with Crippen LogP contribution in [0.5, 0.6) is 0 Å². The predicted molar refractivity (Wildman–Crippen MR) is 92.1 cm³/mol. The van der Waals surface area contributed by atoms with Crippen molar-refractivity contribution in [3.05, 3.63) is 56.3 Å². The topological polar surface area (TPSA) is 39.1 Å². The molecule has 0 N–H and O–H groups in total. The third kappa shape index (κ3) is 3.30. The molecule has 2 aromatic rings. The fourth-order valence-corrected chi connectivity index (χ4v) is 3.02. The first-order valence-corrected chi connectivity index (χ1v) is 8.56. The normalized spacial score (nSPS) is 12.3. The van der Waals surface area contributed by atoms with Crippen LogP contribution in [-0.2, 0) is 6.54 Å². The summed E-state index contributed by atoms with van der Waals surface area (Å²) in [6.07, 6.45) is 0. The Labute approximate surface area is 148 Å². The second-order valence-corrected chi connectivity index (χ2v) is 7.11. The van der Waals surface area contributed by atoms with Crippen molar-refractivity contribution in [3.8, 4) is 11.3 Å². The Morgan fingerprint density at radius 2 is 1.87 bits per heavy atom. The molecule has 0 aliphatic heterocycles. The number of hydrogen-bond acceptors (Lipinski definition) is 2. The highest BCUT2D eigenvalue weighted by Gasteiger charge is 2.25. The summed E-state index contributed by atoms with van der Waals surface area (Å²) in [7, 11) is 0. The lowest BCUT2D eigenvalue weighted by molar-refractivity contribution is 0.0995. The zero-order valence-corrected chi connectivity index (χ0v) is 15.5. The molecule has 23 heavy (non-hydrogen) atoms. The fraction of sp³-hybridized carbons (Fsp3) is 0.250. The van der Waals surface area contributed by atoms with E-state index in [1.54, 1.807) is 13.8 Å². The molecule has 0 amide bonds. The van der Waals surface area contributed by atoms with E-state index in [1.807, 2.05) is 0 Å². The van der Waals surface area contributed by atoms with Gasteiger partial charge in [0, 0.05) is 12.1 Å². The van der Waals surface area contributed by atoms with E-state index in [0.717, 1.165) is 12.1 Å². The first-order chi connectivity index (χ1) is 10.8. The quantitative estimate of drug-likeness (QED) is 0.508. The molecule has 0 spiro atoms. The lowest BCUT2D eigenvalue weighted by Crippen LogP contribution is -2.26. The lowest BCUT2D eigenvalue weighted by atomic mass is 9.99. The minimum atomic E-state index is -0.829. The van der Waals surface area contributed by atoms with E-state index in [2.05, 4.69) is 31.9 Å². The third-order valence-corrected chi connectivity index (χ3v) is 4.37. The van der Waals surface area contributed by atoms with Crippen molar-refractivity contribution in [3.63, 3.8) is 0 Å². The van der Waals surface area contributed by atoms with Crippen molar-refractivity contribution < 1.29 is 13.6 Å². The van der Waals surface area contributed by atoms with Crippen LogP contribution in [-0.4, -0.2) is 15.2 Å². The number of nitrogens with zero attached hydrogens (tertiary/aromatic N) is 1. The first-order valence-electron chi connectivity index (χ1n) is 6.85. The summed E-state index contributed by atoms with van der Waals surface area (Å²) in [5.74, 6) is -2.03. The van der Waals surface area contributed by atoms with Crippen LogP contribution in [0.4, 0.5) is 8.78 Å². The summed E-state index contributed by atoms with van der Waals surface area (Å²) in [6.45, 7) is 3.44. The van der Waals surface area contributed by atoms with Crippen LogP contribution in [0, 0.1) is 11.6 Å². The van der Waals surface area contributed by atoms with Crippen molar-refractivity contribution in [2.75, 3.05) is 0 Å². The van der Waals surface area contributed by atoms with Gasteiger partial charge in [0.1, 0.15) is 11.6 Å². The van der Waals surface area contributed by atoms with Gasteiger partial charge in [-0.1, -0.05) is 22.0 Å². The molecule has 0 saturated heterocycles. The SMILES string of the molecule is CCn1c(-c2c(F)cccc2F)c(C(=O)C(C)Br)cc(Br)c1=O. The smallest absolute Gasteiger partial charge is 0.265 e. The molecule has 122 valence electrons. The zero-order chi connectivity index (χ0) is 17.3. The number of Topliss-reactive ketones (excluding diaryl/α,β-unsaturated/α-hetero) is 1. The number of alkyl halides is 1. The molecule has 1 aromatic heterocycles. The van der Waals surface area contributed by atoms with Crippen LogP contribution in [0.1, 0.15) is 24.2 Å². The number of carbonyl (C=O) groups excluding carboxylic acids is 1. The van der Waals surface area contributed by atoms with Gasteiger partial charge in [-0.25, -0.2) is 8.78 Å². The molecule has 0 saturated carbocycles. The lowest BCUT2D eigenvalue weighted by Gasteiger charge is -2.18. The maximum atomic E-state index is 14.2. The number of aromatic nitrogens is 1. The van der Waals surface area contributed by atoms with Gasteiger partial charge in [0.25, 0.3) is 5.56 Å². The van der Waals surface area contributed by atoms with E-state index in [4.69, 9.17) is 0 Å². The molecule has 0 aliphatic carbocycles. The molecule has 0 bridgehead atoms. The van der Waals surface area contributed by atoms with Crippen LogP contribution >= 0.6 is 31.9 Å². The van der Waals surface area contributed by atoms with Crippen molar-refractivity contribution >= 4 is 37.6 Å². The average molecular weight is 449 g/mol. The highest BCUT2D eigenvalue weighted by molar-refractivity contribution is 9.10.